The third-order valence-corrected chi connectivity index (χ3v) is 1.94. The Morgan fingerprint density at radius 1 is 1.38 bits per heavy atom. The minimum Gasteiger partial charge on any atom is -0.506 e. The van der Waals surface area contributed by atoms with Crippen LogP contribution < -0.4 is 11.1 Å². The van der Waals surface area contributed by atoms with Gasteiger partial charge < -0.3 is 21.3 Å². The molecule has 1 rings (SSSR count). The first-order valence-electron chi connectivity index (χ1n) is 4.56. The number of carbonyl (C=O) groups is 2. The fraction of sp³-hybridized carbons (Fsp3) is 0.200. The van der Waals surface area contributed by atoms with Crippen molar-refractivity contribution in [3.8, 4) is 5.75 Å². The first-order valence-corrected chi connectivity index (χ1v) is 4.56. The van der Waals surface area contributed by atoms with Crippen LogP contribution in [0.1, 0.15) is 6.42 Å². The van der Waals surface area contributed by atoms with E-state index in [2.05, 4.69) is 5.32 Å². The number of aliphatic carboxylic acids is 1. The van der Waals surface area contributed by atoms with Gasteiger partial charge in [0, 0.05) is 0 Å². The van der Waals surface area contributed by atoms with Gasteiger partial charge in [-0.3, -0.25) is 4.79 Å². The Morgan fingerprint density at radius 2 is 2.00 bits per heavy atom. The second kappa shape index (κ2) is 5.01. The SMILES string of the molecule is NC(=O)C[C@H](Nc1ccccc1O)C(=O)O. The maximum absolute atomic E-state index is 10.8. The van der Waals surface area contributed by atoms with Crippen molar-refractivity contribution in [3.63, 3.8) is 0 Å². The summed E-state index contributed by atoms with van der Waals surface area (Å²) < 4.78 is 0. The minimum absolute atomic E-state index is 0.0850. The van der Waals surface area contributed by atoms with Crippen LogP contribution in [0.4, 0.5) is 5.69 Å². The van der Waals surface area contributed by atoms with Crippen LogP contribution in [0.25, 0.3) is 0 Å². The molecule has 6 heteroatoms. The lowest BCUT2D eigenvalue weighted by atomic mass is 10.2. The highest BCUT2D eigenvalue weighted by molar-refractivity contribution is 5.86. The summed E-state index contributed by atoms with van der Waals surface area (Å²) in [7, 11) is 0. The van der Waals surface area contributed by atoms with Gasteiger partial charge in [-0.2, -0.15) is 0 Å². The summed E-state index contributed by atoms with van der Waals surface area (Å²) in [5.74, 6) is -2.02. The summed E-state index contributed by atoms with van der Waals surface area (Å²) in [6.07, 6.45) is -0.344. The zero-order valence-corrected chi connectivity index (χ0v) is 8.38. The summed E-state index contributed by atoms with van der Waals surface area (Å²) in [5, 5.41) is 20.8. The predicted octanol–water partition coefficient (Wildman–Crippen LogP) is 0.133. The van der Waals surface area contributed by atoms with Crippen molar-refractivity contribution in [1.82, 2.24) is 0 Å². The summed E-state index contributed by atoms with van der Waals surface area (Å²) >= 11 is 0. The number of rotatable bonds is 5. The highest BCUT2D eigenvalue weighted by Gasteiger charge is 2.20. The smallest absolute Gasteiger partial charge is 0.326 e. The molecule has 0 aromatic heterocycles. The summed E-state index contributed by atoms with van der Waals surface area (Å²) in [5.41, 5.74) is 5.16. The number of nitrogens with one attached hydrogen (secondary N) is 1. The average molecular weight is 224 g/mol. The number of carboxylic acids is 1. The van der Waals surface area contributed by atoms with Crippen LogP contribution in [0.5, 0.6) is 5.75 Å². The number of para-hydroxylation sites is 2. The quantitative estimate of drug-likeness (QED) is 0.531. The van der Waals surface area contributed by atoms with E-state index >= 15 is 0 Å². The lowest BCUT2D eigenvalue weighted by Gasteiger charge is -2.14. The van der Waals surface area contributed by atoms with Gasteiger partial charge in [0.2, 0.25) is 5.91 Å². The number of carbonyl (C=O) groups excluding carboxylic acids is 1. The lowest BCUT2D eigenvalue weighted by Crippen LogP contribution is -2.33. The number of hydrogen-bond acceptors (Lipinski definition) is 4. The van der Waals surface area contributed by atoms with E-state index < -0.39 is 17.9 Å². The van der Waals surface area contributed by atoms with Gasteiger partial charge in [-0.05, 0) is 12.1 Å². The van der Waals surface area contributed by atoms with E-state index in [1.54, 1.807) is 12.1 Å². The lowest BCUT2D eigenvalue weighted by molar-refractivity contribution is -0.139. The van der Waals surface area contributed by atoms with Crippen molar-refractivity contribution >= 4 is 17.6 Å². The van der Waals surface area contributed by atoms with Gasteiger partial charge >= 0.3 is 5.97 Å². The molecule has 86 valence electrons. The fourth-order valence-electron chi connectivity index (χ4n) is 1.18. The van der Waals surface area contributed by atoms with Gasteiger partial charge in [-0.1, -0.05) is 12.1 Å². The molecule has 0 aliphatic rings. The number of carboxylic acid groups (broad SMARTS) is 1. The predicted molar refractivity (Wildman–Crippen MR) is 57.0 cm³/mol. The maximum Gasteiger partial charge on any atom is 0.326 e. The van der Waals surface area contributed by atoms with E-state index in [-0.39, 0.29) is 17.9 Å². The second-order valence-corrected chi connectivity index (χ2v) is 3.22. The van der Waals surface area contributed by atoms with Gasteiger partial charge in [-0.15, -0.1) is 0 Å². The van der Waals surface area contributed by atoms with Gasteiger partial charge in [0.05, 0.1) is 12.1 Å². The average Bonchev–Trinajstić information content (AvgIpc) is 2.19. The summed E-state index contributed by atoms with van der Waals surface area (Å²) in [6, 6.07) is 5.00. The summed E-state index contributed by atoms with van der Waals surface area (Å²) in [6.45, 7) is 0. The molecule has 1 amide bonds. The Balaban J connectivity index is 2.80. The molecule has 5 N–H and O–H groups in total. The zero-order chi connectivity index (χ0) is 12.1. The van der Waals surface area contributed by atoms with Gasteiger partial charge in [-0.25, -0.2) is 4.79 Å². The van der Waals surface area contributed by atoms with Crippen molar-refractivity contribution in [2.45, 2.75) is 12.5 Å². The number of phenolic OH excluding ortho intramolecular Hbond substituents is 1. The molecule has 0 fully saturated rings. The first-order chi connectivity index (χ1) is 7.50. The normalized spacial score (nSPS) is 11.8. The molecule has 16 heavy (non-hydrogen) atoms. The van der Waals surface area contributed by atoms with E-state index in [0.29, 0.717) is 0 Å². The van der Waals surface area contributed by atoms with Crippen LogP contribution in [-0.4, -0.2) is 28.1 Å². The molecule has 0 aliphatic carbocycles. The Bertz CT molecular complexity index is 406. The molecule has 0 bridgehead atoms. The number of aromatic hydroxyl groups is 1. The number of phenols is 1. The van der Waals surface area contributed by atoms with Crippen LogP contribution in [-0.2, 0) is 9.59 Å². The molecule has 0 unspecified atom stereocenters. The number of amides is 1. The molecule has 0 aliphatic heterocycles. The fourth-order valence-corrected chi connectivity index (χ4v) is 1.18. The number of nitrogens with two attached hydrogens (primary N) is 1. The van der Waals surface area contributed by atoms with Crippen LogP contribution in [0, 0.1) is 0 Å². The molecule has 0 saturated carbocycles. The molecule has 0 saturated heterocycles. The highest BCUT2D eigenvalue weighted by Crippen LogP contribution is 2.22. The molecule has 1 atom stereocenters. The zero-order valence-electron chi connectivity index (χ0n) is 8.38. The van der Waals surface area contributed by atoms with Gasteiger partial charge in [0.1, 0.15) is 11.8 Å². The topological polar surface area (TPSA) is 113 Å². The van der Waals surface area contributed by atoms with E-state index in [1.165, 1.54) is 12.1 Å². The van der Waals surface area contributed by atoms with Crippen molar-refractivity contribution in [2.24, 2.45) is 5.73 Å². The van der Waals surface area contributed by atoms with E-state index in [0.717, 1.165) is 0 Å². The third kappa shape index (κ3) is 3.16. The van der Waals surface area contributed by atoms with E-state index in [9.17, 15) is 14.7 Å². The second-order valence-electron chi connectivity index (χ2n) is 3.22. The molecule has 0 heterocycles. The molecular formula is C10H12N2O4. The van der Waals surface area contributed by atoms with Crippen LogP contribution in [0.3, 0.4) is 0 Å². The molecule has 1 aromatic rings. The molecule has 6 nitrogen and oxygen atoms in total. The monoisotopic (exact) mass is 224 g/mol. The number of primary amides is 1. The van der Waals surface area contributed by atoms with E-state index in [4.69, 9.17) is 10.8 Å². The molecular weight excluding hydrogens is 212 g/mol. The van der Waals surface area contributed by atoms with Crippen molar-refractivity contribution in [1.29, 1.82) is 0 Å². The molecule has 0 radical (unpaired) electrons. The van der Waals surface area contributed by atoms with Gasteiger partial charge in [0.25, 0.3) is 0 Å². The van der Waals surface area contributed by atoms with Crippen molar-refractivity contribution < 1.29 is 19.8 Å². The number of benzene rings is 1. The minimum atomic E-state index is -1.21. The Morgan fingerprint density at radius 3 is 2.50 bits per heavy atom. The van der Waals surface area contributed by atoms with Crippen LogP contribution >= 0.6 is 0 Å². The van der Waals surface area contributed by atoms with Crippen LogP contribution in [0.15, 0.2) is 24.3 Å². The Hall–Kier alpha value is -2.24. The van der Waals surface area contributed by atoms with Crippen molar-refractivity contribution in [2.75, 3.05) is 5.32 Å². The summed E-state index contributed by atoms with van der Waals surface area (Å²) in [4.78, 5) is 21.4. The van der Waals surface area contributed by atoms with E-state index in [1.807, 2.05) is 0 Å². The first kappa shape index (κ1) is 11.8. The molecule has 1 aromatic carbocycles. The van der Waals surface area contributed by atoms with Crippen molar-refractivity contribution in [3.05, 3.63) is 24.3 Å². The largest absolute Gasteiger partial charge is 0.506 e. The molecule has 0 spiro atoms. The Kier molecular flexibility index (Phi) is 3.71. The highest BCUT2D eigenvalue weighted by atomic mass is 16.4. The number of hydrogen-bond donors (Lipinski definition) is 4. The standard InChI is InChI=1S/C10H12N2O4/c11-9(14)5-7(10(15)16)12-6-3-1-2-4-8(6)13/h1-4,7,12-13H,5H2,(H2,11,14)(H,15,16)/t7-/m0/s1. The Labute approximate surface area is 91.7 Å². The number of anilines is 1. The van der Waals surface area contributed by atoms with Gasteiger partial charge in [0.15, 0.2) is 0 Å². The maximum atomic E-state index is 10.8. The third-order valence-electron chi connectivity index (χ3n) is 1.94. The van der Waals surface area contributed by atoms with Crippen LogP contribution in [0.2, 0.25) is 0 Å².